The fourth-order valence-corrected chi connectivity index (χ4v) is 4.40. The SMILES string of the molecule is COC(=O)C[C@@H]1CC[C@H]2[C@@H](COc3ccc(NC(=O)Nc4ccccc4Cl)cc3C(=O)N2C)O1. The van der Waals surface area contributed by atoms with Crippen LogP contribution in [0.25, 0.3) is 0 Å². The number of nitrogens with zero attached hydrogens (tertiary/aromatic N) is 1. The molecule has 0 aliphatic carbocycles. The number of carbonyl (C=O) groups excluding carboxylic acids is 3. The lowest BCUT2D eigenvalue weighted by Crippen LogP contribution is -2.53. The molecule has 0 saturated carbocycles. The van der Waals surface area contributed by atoms with E-state index < -0.39 is 6.03 Å². The van der Waals surface area contributed by atoms with Crippen molar-refractivity contribution in [2.24, 2.45) is 0 Å². The summed E-state index contributed by atoms with van der Waals surface area (Å²) >= 11 is 6.09. The van der Waals surface area contributed by atoms with Gasteiger partial charge in [-0.1, -0.05) is 23.7 Å². The van der Waals surface area contributed by atoms with Crippen molar-refractivity contribution in [3.63, 3.8) is 0 Å². The summed E-state index contributed by atoms with van der Waals surface area (Å²) in [6.45, 7) is 0.229. The Labute approximate surface area is 202 Å². The third-order valence-corrected chi connectivity index (χ3v) is 6.34. The molecular weight excluding hydrogens is 462 g/mol. The molecule has 1 fully saturated rings. The zero-order chi connectivity index (χ0) is 24.2. The highest BCUT2D eigenvalue weighted by atomic mass is 35.5. The summed E-state index contributed by atoms with van der Waals surface area (Å²) in [5, 5.41) is 5.82. The van der Waals surface area contributed by atoms with Gasteiger partial charge >= 0.3 is 12.0 Å². The molecule has 0 unspecified atom stereocenters. The van der Waals surface area contributed by atoms with Crippen molar-refractivity contribution < 1.29 is 28.6 Å². The molecule has 3 amide bonds. The number of carbonyl (C=O) groups is 3. The van der Waals surface area contributed by atoms with E-state index >= 15 is 0 Å². The second-order valence-corrected chi connectivity index (χ2v) is 8.63. The fraction of sp³-hybridized carbons (Fsp3) is 0.375. The molecule has 2 aromatic carbocycles. The minimum atomic E-state index is -0.488. The van der Waals surface area contributed by atoms with E-state index in [0.717, 1.165) is 0 Å². The molecule has 2 aliphatic rings. The maximum Gasteiger partial charge on any atom is 0.323 e. The number of esters is 1. The lowest BCUT2D eigenvalue weighted by atomic mass is 9.94. The molecular formula is C24H26ClN3O6. The van der Waals surface area contributed by atoms with Gasteiger partial charge in [-0.2, -0.15) is 0 Å². The first-order valence-corrected chi connectivity index (χ1v) is 11.3. The maximum absolute atomic E-state index is 13.3. The van der Waals surface area contributed by atoms with Gasteiger partial charge < -0.3 is 29.7 Å². The van der Waals surface area contributed by atoms with Crippen LogP contribution < -0.4 is 15.4 Å². The lowest BCUT2D eigenvalue weighted by molar-refractivity contribution is -0.151. The van der Waals surface area contributed by atoms with E-state index in [2.05, 4.69) is 10.6 Å². The van der Waals surface area contributed by atoms with Gasteiger partial charge in [0.25, 0.3) is 5.91 Å². The first-order chi connectivity index (χ1) is 16.4. The third-order valence-electron chi connectivity index (χ3n) is 6.01. The first-order valence-electron chi connectivity index (χ1n) is 10.9. The number of urea groups is 1. The number of anilines is 2. The second kappa shape index (κ2) is 10.3. The number of fused-ring (bicyclic) bond motifs is 2. The average molecular weight is 488 g/mol. The number of rotatable bonds is 4. The minimum Gasteiger partial charge on any atom is -0.490 e. The number of para-hydroxylation sites is 1. The Hall–Kier alpha value is -3.30. The van der Waals surface area contributed by atoms with E-state index in [1.54, 1.807) is 54.4 Å². The molecule has 2 N–H and O–H groups in total. The number of halogens is 1. The van der Waals surface area contributed by atoms with Gasteiger partial charge in [-0.25, -0.2) is 4.79 Å². The maximum atomic E-state index is 13.3. The summed E-state index contributed by atoms with van der Waals surface area (Å²) < 4.78 is 16.8. The van der Waals surface area contributed by atoms with Crippen LogP contribution in [0.2, 0.25) is 5.02 Å². The van der Waals surface area contributed by atoms with E-state index in [1.165, 1.54) is 7.11 Å². The summed E-state index contributed by atoms with van der Waals surface area (Å²) in [6.07, 6.45) is 0.822. The normalized spacial score (nSPS) is 21.8. The highest BCUT2D eigenvalue weighted by molar-refractivity contribution is 6.33. The molecule has 0 spiro atoms. The van der Waals surface area contributed by atoms with Crippen LogP contribution in [0.1, 0.15) is 29.6 Å². The van der Waals surface area contributed by atoms with Gasteiger partial charge in [0.2, 0.25) is 0 Å². The van der Waals surface area contributed by atoms with Crippen molar-refractivity contribution in [3.8, 4) is 5.75 Å². The summed E-state index contributed by atoms with van der Waals surface area (Å²) in [4.78, 5) is 39.0. The van der Waals surface area contributed by atoms with Gasteiger partial charge in [0, 0.05) is 12.7 Å². The predicted octanol–water partition coefficient (Wildman–Crippen LogP) is 3.93. The van der Waals surface area contributed by atoms with Gasteiger partial charge in [0.15, 0.2) is 0 Å². The summed E-state index contributed by atoms with van der Waals surface area (Å²) in [7, 11) is 3.07. The van der Waals surface area contributed by atoms with Crippen molar-refractivity contribution in [2.75, 3.05) is 31.4 Å². The highest BCUT2D eigenvalue weighted by Crippen LogP contribution is 2.32. The molecule has 9 nitrogen and oxygen atoms in total. The average Bonchev–Trinajstić information content (AvgIpc) is 2.83. The Bertz CT molecular complexity index is 1090. The van der Waals surface area contributed by atoms with Crippen LogP contribution in [0, 0.1) is 0 Å². The monoisotopic (exact) mass is 487 g/mol. The first kappa shape index (κ1) is 23.8. The summed E-state index contributed by atoms with van der Waals surface area (Å²) in [5.41, 5.74) is 1.25. The molecule has 34 heavy (non-hydrogen) atoms. The number of methoxy groups -OCH3 is 1. The van der Waals surface area contributed by atoms with Crippen LogP contribution >= 0.6 is 11.6 Å². The van der Waals surface area contributed by atoms with Gasteiger partial charge in [0.1, 0.15) is 18.5 Å². The molecule has 180 valence electrons. The van der Waals surface area contributed by atoms with Gasteiger partial charge in [-0.15, -0.1) is 0 Å². The van der Waals surface area contributed by atoms with Gasteiger partial charge in [-0.3, -0.25) is 9.59 Å². The molecule has 0 radical (unpaired) electrons. The lowest BCUT2D eigenvalue weighted by Gasteiger charge is -2.42. The number of nitrogens with one attached hydrogen (secondary N) is 2. The standard InChI is InChI=1S/C24H26ClN3O6/c1-28-19-9-8-15(12-22(29)32-2)34-21(19)13-33-20-10-7-14(11-16(20)23(28)30)26-24(31)27-18-6-4-3-5-17(18)25/h3-7,10-11,15,19,21H,8-9,12-13H2,1-2H3,(H2,26,27,31)/t15-,19-,21+/m0/s1. The molecule has 4 rings (SSSR count). The Morgan fingerprint density at radius 2 is 1.97 bits per heavy atom. The number of ether oxygens (including phenoxy) is 3. The van der Waals surface area contributed by atoms with E-state index in [9.17, 15) is 14.4 Å². The second-order valence-electron chi connectivity index (χ2n) is 8.22. The summed E-state index contributed by atoms with van der Waals surface area (Å²) in [5.74, 6) is -0.176. The Kier molecular flexibility index (Phi) is 7.23. The minimum absolute atomic E-state index is 0.166. The molecule has 0 bridgehead atoms. The number of hydrogen-bond donors (Lipinski definition) is 2. The van der Waals surface area contributed by atoms with Crippen LogP contribution in [-0.4, -0.2) is 61.8 Å². The van der Waals surface area contributed by atoms with Crippen molar-refractivity contribution >= 4 is 40.9 Å². The van der Waals surface area contributed by atoms with Gasteiger partial charge in [-0.05, 0) is 43.2 Å². The molecule has 3 atom stereocenters. The zero-order valence-electron chi connectivity index (χ0n) is 18.9. The van der Waals surface area contributed by atoms with E-state index in [1.807, 2.05) is 0 Å². The number of amides is 3. The van der Waals surface area contributed by atoms with Gasteiger partial charge in [0.05, 0.1) is 41.9 Å². The highest BCUT2D eigenvalue weighted by Gasteiger charge is 2.39. The van der Waals surface area contributed by atoms with Crippen molar-refractivity contribution in [1.82, 2.24) is 4.90 Å². The fourth-order valence-electron chi connectivity index (χ4n) is 4.22. The molecule has 10 heteroatoms. The van der Waals surface area contributed by atoms with Crippen LogP contribution in [0.5, 0.6) is 5.75 Å². The summed E-state index contributed by atoms with van der Waals surface area (Å²) in [6, 6.07) is 11.1. The van der Waals surface area contributed by atoms with E-state index in [-0.39, 0.29) is 43.2 Å². The van der Waals surface area contributed by atoms with Crippen molar-refractivity contribution in [1.29, 1.82) is 0 Å². The third kappa shape index (κ3) is 5.26. The van der Waals surface area contributed by atoms with Crippen molar-refractivity contribution in [3.05, 3.63) is 53.1 Å². The predicted molar refractivity (Wildman–Crippen MR) is 126 cm³/mol. The van der Waals surface area contributed by atoms with Crippen LogP contribution in [0.3, 0.4) is 0 Å². The van der Waals surface area contributed by atoms with Crippen LogP contribution in [0.4, 0.5) is 16.2 Å². The number of likely N-dealkylation sites (N-methyl/N-ethyl adjacent to an activating group) is 1. The topological polar surface area (TPSA) is 106 Å². The van der Waals surface area contributed by atoms with Crippen molar-refractivity contribution in [2.45, 2.75) is 37.5 Å². The largest absolute Gasteiger partial charge is 0.490 e. The Morgan fingerprint density at radius 1 is 1.18 bits per heavy atom. The number of benzene rings is 2. The Morgan fingerprint density at radius 3 is 2.74 bits per heavy atom. The quantitative estimate of drug-likeness (QED) is 0.633. The van der Waals surface area contributed by atoms with Crippen LogP contribution in [0.15, 0.2) is 42.5 Å². The molecule has 2 heterocycles. The molecule has 0 aromatic heterocycles. The molecule has 2 aliphatic heterocycles. The van der Waals surface area contributed by atoms with E-state index in [0.29, 0.717) is 40.6 Å². The Balaban J connectivity index is 1.48. The smallest absolute Gasteiger partial charge is 0.323 e. The molecule has 1 saturated heterocycles. The number of hydrogen-bond acceptors (Lipinski definition) is 6. The zero-order valence-corrected chi connectivity index (χ0v) is 19.6. The van der Waals surface area contributed by atoms with Crippen LogP contribution in [-0.2, 0) is 14.3 Å². The van der Waals surface area contributed by atoms with E-state index in [4.69, 9.17) is 25.8 Å². The molecule has 2 aromatic rings.